The van der Waals surface area contributed by atoms with Gasteiger partial charge in [-0.25, -0.2) is 0 Å². The number of aromatic amines is 1. The van der Waals surface area contributed by atoms with Crippen LogP contribution in [0.4, 0.5) is 0 Å². The molecule has 0 atom stereocenters. The average molecular weight is 170 g/mol. The number of aromatic nitrogens is 1. The van der Waals surface area contributed by atoms with E-state index in [9.17, 15) is 4.79 Å². The van der Waals surface area contributed by atoms with Crippen LogP contribution in [0.3, 0.4) is 0 Å². The van der Waals surface area contributed by atoms with Gasteiger partial charge in [0, 0.05) is 12.3 Å². The van der Waals surface area contributed by atoms with Gasteiger partial charge >= 0.3 is 0 Å². The topological polar surface area (TPSA) is 77.1 Å². The Hall–Kier alpha value is -1.29. The van der Waals surface area contributed by atoms with Gasteiger partial charge in [0.1, 0.15) is 0 Å². The zero-order chi connectivity index (χ0) is 8.27. The quantitative estimate of drug-likeness (QED) is 0.701. The Kier molecular flexibility index (Phi) is 4.07. The molecule has 0 saturated heterocycles. The first kappa shape index (κ1) is 10.7. The van der Waals surface area contributed by atoms with Gasteiger partial charge in [-0.15, -0.1) is 0 Å². The first-order valence-electron chi connectivity index (χ1n) is 3.56. The Morgan fingerprint density at radius 1 is 1.58 bits per heavy atom. The molecule has 4 N–H and O–H groups in total. The summed E-state index contributed by atoms with van der Waals surface area (Å²) in [6.45, 7) is 4.19. The largest absolute Gasteiger partial charge is 0.488 e. The summed E-state index contributed by atoms with van der Waals surface area (Å²) in [7, 11) is 0. The molecule has 0 spiro atoms. The van der Waals surface area contributed by atoms with Crippen molar-refractivity contribution in [3.05, 3.63) is 28.2 Å². The van der Waals surface area contributed by atoms with Crippen LogP contribution in [0.1, 0.15) is 12.6 Å². The van der Waals surface area contributed by atoms with Crippen molar-refractivity contribution in [3.63, 3.8) is 0 Å². The van der Waals surface area contributed by atoms with E-state index in [4.69, 9.17) is 4.74 Å². The van der Waals surface area contributed by atoms with E-state index in [1.165, 1.54) is 6.07 Å². The Labute approximate surface area is 71.2 Å². The van der Waals surface area contributed by atoms with Gasteiger partial charge in [0.25, 0.3) is 0 Å². The van der Waals surface area contributed by atoms with E-state index >= 15 is 0 Å². The molecule has 1 aromatic heterocycles. The van der Waals surface area contributed by atoms with Crippen LogP contribution < -0.4 is 16.3 Å². The number of aryl methyl sites for hydroxylation is 1. The van der Waals surface area contributed by atoms with Crippen molar-refractivity contribution in [2.75, 3.05) is 6.61 Å². The standard InChI is InChI=1S/C8H11NO2.H3N/c1-3-11-8-6(2)9-5-4-7(8)10;/h4-5H,3H2,1-2H3,(H,9,10);1H3. The third kappa shape index (κ3) is 2.10. The molecule has 4 heteroatoms. The van der Waals surface area contributed by atoms with E-state index in [0.29, 0.717) is 12.4 Å². The lowest BCUT2D eigenvalue weighted by atomic mass is 10.3. The fourth-order valence-electron chi connectivity index (χ4n) is 0.892. The minimum absolute atomic E-state index is 0. The Morgan fingerprint density at radius 3 is 2.75 bits per heavy atom. The molecule has 1 heterocycles. The molecule has 0 fully saturated rings. The van der Waals surface area contributed by atoms with Crippen molar-refractivity contribution in [2.24, 2.45) is 0 Å². The van der Waals surface area contributed by atoms with E-state index in [2.05, 4.69) is 4.98 Å². The molecule has 0 amide bonds. The predicted molar refractivity (Wildman–Crippen MR) is 48.0 cm³/mol. The fraction of sp³-hybridized carbons (Fsp3) is 0.375. The lowest BCUT2D eigenvalue weighted by Crippen LogP contribution is -2.08. The number of ether oxygens (including phenoxy) is 1. The van der Waals surface area contributed by atoms with Crippen LogP contribution in [0.15, 0.2) is 17.1 Å². The van der Waals surface area contributed by atoms with E-state index in [1.807, 2.05) is 13.8 Å². The van der Waals surface area contributed by atoms with Gasteiger partial charge in [0.05, 0.1) is 12.3 Å². The van der Waals surface area contributed by atoms with Gasteiger partial charge in [-0.1, -0.05) is 0 Å². The summed E-state index contributed by atoms with van der Waals surface area (Å²) in [5.41, 5.74) is 0.711. The van der Waals surface area contributed by atoms with Crippen molar-refractivity contribution in [3.8, 4) is 5.75 Å². The van der Waals surface area contributed by atoms with Crippen LogP contribution in [-0.2, 0) is 0 Å². The summed E-state index contributed by atoms with van der Waals surface area (Å²) >= 11 is 0. The highest BCUT2D eigenvalue weighted by molar-refractivity contribution is 5.25. The first-order chi connectivity index (χ1) is 5.25. The van der Waals surface area contributed by atoms with Gasteiger partial charge in [-0.3, -0.25) is 4.79 Å². The molecule has 0 aliphatic carbocycles. The number of nitrogens with one attached hydrogen (secondary N) is 1. The Bertz CT molecular complexity index is 293. The van der Waals surface area contributed by atoms with Crippen LogP contribution in [0.2, 0.25) is 0 Å². The molecule has 0 aromatic carbocycles. The van der Waals surface area contributed by atoms with Crippen molar-refractivity contribution in [1.82, 2.24) is 11.1 Å². The van der Waals surface area contributed by atoms with Crippen LogP contribution in [-0.4, -0.2) is 11.6 Å². The molecule has 68 valence electrons. The Balaban J connectivity index is 0.00000121. The van der Waals surface area contributed by atoms with Gasteiger partial charge in [-0.05, 0) is 13.8 Å². The van der Waals surface area contributed by atoms with Crippen LogP contribution in [0.25, 0.3) is 0 Å². The van der Waals surface area contributed by atoms with Gasteiger partial charge in [-0.2, -0.15) is 0 Å². The van der Waals surface area contributed by atoms with E-state index < -0.39 is 0 Å². The maximum absolute atomic E-state index is 11.1. The fourth-order valence-corrected chi connectivity index (χ4v) is 0.892. The van der Waals surface area contributed by atoms with Gasteiger partial charge in [0.15, 0.2) is 5.75 Å². The van der Waals surface area contributed by atoms with Gasteiger partial charge < -0.3 is 15.9 Å². The summed E-state index contributed by atoms with van der Waals surface area (Å²) in [5, 5.41) is 0. The SMILES string of the molecule is CCOc1c(C)[nH]ccc1=O.N. The first-order valence-corrected chi connectivity index (χ1v) is 3.56. The number of hydrogen-bond donors (Lipinski definition) is 2. The highest BCUT2D eigenvalue weighted by Crippen LogP contribution is 2.06. The predicted octanol–water partition coefficient (Wildman–Crippen LogP) is 1.24. The Morgan fingerprint density at radius 2 is 2.25 bits per heavy atom. The summed E-state index contributed by atoms with van der Waals surface area (Å²) in [5.74, 6) is 0.426. The minimum Gasteiger partial charge on any atom is -0.488 e. The molecular weight excluding hydrogens is 156 g/mol. The molecule has 12 heavy (non-hydrogen) atoms. The monoisotopic (exact) mass is 170 g/mol. The van der Waals surface area contributed by atoms with E-state index in [-0.39, 0.29) is 11.6 Å². The third-order valence-electron chi connectivity index (χ3n) is 1.39. The van der Waals surface area contributed by atoms with Crippen LogP contribution >= 0.6 is 0 Å². The summed E-state index contributed by atoms with van der Waals surface area (Å²) < 4.78 is 5.12. The number of rotatable bonds is 2. The molecule has 1 aromatic rings. The van der Waals surface area contributed by atoms with Crippen molar-refractivity contribution < 1.29 is 4.74 Å². The van der Waals surface area contributed by atoms with Crippen molar-refractivity contribution in [2.45, 2.75) is 13.8 Å². The van der Waals surface area contributed by atoms with Crippen molar-refractivity contribution in [1.29, 1.82) is 0 Å². The highest BCUT2D eigenvalue weighted by Gasteiger charge is 2.01. The smallest absolute Gasteiger partial charge is 0.223 e. The van der Waals surface area contributed by atoms with E-state index in [0.717, 1.165) is 5.69 Å². The molecular formula is C8H14N2O2. The zero-order valence-corrected chi connectivity index (χ0v) is 7.39. The van der Waals surface area contributed by atoms with Gasteiger partial charge in [0.2, 0.25) is 5.43 Å². The minimum atomic E-state index is -0.0666. The molecule has 0 radical (unpaired) electrons. The molecule has 0 saturated carbocycles. The molecule has 4 nitrogen and oxygen atoms in total. The number of pyridine rings is 1. The zero-order valence-electron chi connectivity index (χ0n) is 7.39. The summed E-state index contributed by atoms with van der Waals surface area (Å²) in [4.78, 5) is 14.0. The maximum Gasteiger partial charge on any atom is 0.223 e. The molecule has 0 aliphatic heterocycles. The molecule has 0 aliphatic rings. The normalized spacial score (nSPS) is 8.83. The lowest BCUT2D eigenvalue weighted by molar-refractivity contribution is 0.333. The molecule has 1 rings (SSSR count). The lowest BCUT2D eigenvalue weighted by Gasteiger charge is -2.03. The second-order valence-electron chi connectivity index (χ2n) is 2.23. The highest BCUT2D eigenvalue weighted by atomic mass is 16.5. The number of hydrogen-bond acceptors (Lipinski definition) is 3. The summed E-state index contributed by atoms with van der Waals surface area (Å²) in [6, 6.07) is 1.46. The average Bonchev–Trinajstić information content (AvgIpc) is 1.97. The van der Waals surface area contributed by atoms with Crippen LogP contribution in [0, 0.1) is 6.92 Å². The summed E-state index contributed by atoms with van der Waals surface area (Å²) in [6.07, 6.45) is 1.61. The second kappa shape index (κ2) is 4.56. The molecule has 0 bridgehead atoms. The third-order valence-corrected chi connectivity index (χ3v) is 1.39. The molecule has 0 unspecified atom stereocenters. The van der Waals surface area contributed by atoms with Crippen LogP contribution in [0.5, 0.6) is 5.75 Å². The second-order valence-corrected chi connectivity index (χ2v) is 2.23. The van der Waals surface area contributed by atoms with Crippen molar-refractivity contribution >= 4 is 0 Å². The van der Waals surface area contributed by atoms with E-state index in [1.54, 1.807) is 6.20 Å². The maximum atomic E-state index is 11.1. The number of H-pyrrole nitrogens is 1.